The number of fused-ring (bicyclic) bond motifs is 1. The number of nitrogens with zero attached hydrogens (tertiary/aromatic N) is 3. The minimum Gasteiger partial charge on any atom is -0.494 e. The monoisotopic (exact) mass is 484 g/mol. The summed E-state index contributed by atoms with van der Waals surface area (Å²) in [6.45, 7) is 5.84. The normalized spacial score (nSPS) is 15.4. The lowest BCUT2D eigenvalue weighted by Gasteiger charge is -2.16. The topological polar surface area (TPSA) is 105 Å². The summed E-state index contributed by atoms with van der Waals surface area (Å²) >= 11 is 1.19. The number of pyridine rings is 1. The molecule has 0 bridgehead atoms. The van der Waals surface area contributed by atoms with Crippen LogP contribution in [-0.2, 0) is 16.1 Å². The van der Waals surface area contributed by atoms with E-state index in [4.69, 9.17) is 14.2 Å². The number of nitrogens with one attached hydrogen (secondary N) is 1. The Labute approximate surface area is 201 Å². The average molecular weight is 485 g/mol. The number of carbonyl (C=O) groups excluding carboxylic acids is 1. The van der Waals surface area contributed by atoms with Gasteiger partial charge in [0.1, 0.15) is 11.5 Å². The molecular weight excluding hydrogens is 456 g/mol. The van der Waals surface area contributed by atoms with Gasteiger partial charge in [-0.3, -0.25) is 14.2 Å². The first kappa shape index (κ1) is 24.0. The number of hydrogen-bond donors (Lipinski definition) is 1. The molecule has 1 saturated heterocycles. The van der Waals surface area contributed by atoms with Gasteiger partial charge in [0.25, 0.3) is 5.56 Å². The van der Waals surface area contributed by atoms with Crippen molar-refractivity contribution >= 4 is 34.4 Å². The summed E-state index contributed by atoms with van der Waals surface area (Å²) in [5.41, 5.74) is 0.713. The van der Waals surface area contributed by atoms with Gasteiger partial charge in [-0.15, -0.1) is 0 Å². The van der Waals surface area contributed by atoms with Crippen LogP contribution in [0.4, 0.5) is 5.69 Å². The molecule has 1 aliphatic heterocycles. The second kappa shape index (κ2) is 11.3. The molecule has 1 atom stereocenters. The Balaban J connectivity index is 1.54. The van der Waals surface area contributed by atoms with Gasteiger partial charge in [0, 0.05) is 18.9 Å². The number of carbonyl (C=O) groups is 1. The third-order valence-corrected chi connectivity index (χ3v) is 6.25. The van der Waals surface area contributed by atoms with Gasteiger partial charge in [0.15, 0.2) is 10.8 Å². The van der Waals surface area contributed by atoms with Crippen molar-refractivity contribution in [3.8, 4) is 11.5 Å². The van der Waals surface area contributed by atoms with Crippen LogP contribution < -0.4 is 20.3 Å². The van der Waals surface area contributed by atoms with E-state index in [0.29, 0.717) is 59.7 Å². The zero-order valence-electron chi connectivity index (χ0n) is 19.3. The smallest absolute Gasteiger partial charge is 0.263 e. The minimum absolute atomic E-state index is 0.0446. The number of amides is 1. The summed E-state index contributed by atoms with van der Waals surface area (Å²) in [5.74, 6) is 1.01. The molecule has 3 aromatic rings. The Morgan fingerprint density at radius 3 is 2.88 bits per heavy atom. The molecule has 1 fully saturated rings. The van der Waals surface area contributed by atoms with Gasteiger partial charge in [-0.1, -0.05) is 11.8 Å². The van der Waals surface area contributed by atoms with Crippen LogP contribution in [0.3, 0.4) is 0 Å². The Morgan fingerprint density at radius 1 is 1.26 bits per heavy atom. The summed E-state index contributed by atoms with van der Waals surface area (Å²) in [5, 5.41) is 3.78. The fourth-order valence-corrected chi connectivity index (χ4v) is 4.56. The van der Waals surface area contributed by atoms with Crippen LogP contribution in [0.5, 0.6) is 11.5 Å². The molecule has 0 aliphatic carbocycles. The first-order chi connectivity index (χ1) is 16.6. The van der Waals surface area contributed by atoms with Crippen LogP contribution in [0.2, 0.25) is 0 Å². The zero-order valence-corrected chi connectivity index (χ0v) is 20.1. The predicted octanol–water partition coefficient (Wildman–Crippen LogP) is 3.50. The van der Waals surface area contributed by atoms with Crippen molar-refractivity contribution < 1.29 is 19.0 Å². The summed E-state index contributed by atoms with van der Waals surface area (Å²) in [6, 6.07) is 8.74. The number of thioether (sulfide) groups is 1. The van der Waals surface area contributed by atoms with Crippen LogP contribution in [-0.4, -0.2) is 52.1 Å². The molecule has 34 heavy (non-hydrogen) atoms. The molecule has 10 heteroatoms. The summed E-state index contributed by atoms with van der Waals surface area (Å²) < 4.78 is 18.5. The molecule has 1 aliphatic rings. The zero-order chi connectivity index (χ0) is 23.9. The standard InChI is InChI=1S/C24H28N4O5S/c1-3-31-16-9-10-20(32-4-2)19(13-16)26-21(29)15-34-24-27-22-18(8-5-11-25-22)23(30)28(24)14-17-7-6-12-33-17/h5,8-11,13,17H,3-4,6-7,12,14-15H2,1-2H3,(H,26,29). The molecule has 1 unspecified atom stereocenters. The Kier molecular flexibility index (Phi) is 8.02. The minimum atomic E-state index is -0.251. The van der Waals surface area contributed by atoms with Crippen LogP contribution >= 0.6 is 11.8 Å². The van der Waals surface area contributed by atoms with Crippen molar-refractivity contribution in [1.82, 2.24) is 14.5 Å². The molecule has 0 spiro atoms. The largest absolute Gasteiger partial charge is 0.494 e. The highest BCUT2D eigenvalue weighted by Crippen LogP contribution is 2.30. The lowest BCUT2D eigenvalue weighted by molar-refractivity contribution is -0.113. The maximum Gasteiger partial charge on any atom is 0.263 e. The number of aromatic nitrogens is 3. The maximum absolute atomic E-state index is 13.2. The maximum atomic E-state index is 13.2. The quantitative estimate of drug-likeness (QED) is 0.344. The Morgan fingerprint density at radius 2 is 2.12 bits per heavy atom. The lowest BCUT2D eigenvalue weighted by Crippen LogP contribution is -2.29. The van der Waals surface area contributed by atoms with Crippen LogP contribution in [0.1, 0.15) is 26.7 Å². The summed E-state index contributed by atoms with van der Waals surface area (Å²) in [7, 11) is 0. The van der Waals surface area contributed by atoms with Gasteiger partial charge in [0.05, 0.1) is 42.7 Å². The van der Waals surface area contributed by atoms with Crippen molar-refractivity contribution in [2.75, 3.05) is 30.9 Å². The summed E-state index contributed by atoms with van der Waals surface area (Å²) in [4.78, 5) is 34.8. The molecule has 2 aromatic heterocycles. The summed E-state index contributed by atoms with van der Waals surface area (Å²) in [6.07, 6.45) is 3.41. The van der Waals surface area contributed by atoms with Gasteiger partial charge in [0.2, 0.25) is 5.91 Å². The molecule has 3 heterocycles. The molecule has 0 radical (unpaired) electrons. The van der Waals surface area contributed by atoms with E-state index in [1.165, 1.54) is 11.8 Å². The molecule has 1 N–H and O–H groups in total. The first-order valence-corrected chi connectivity index (χ1v) is 12.4. The highest BCUT2D eigenvalue weighted by molar-refractivity contribution is 7.99. The van der Waals surface area contributed by atoms with Crippen LogP contribution in [0.25, 0.3) is 11.0 Å². The van der Waals surface area contributed by atoms with E-state index in [9.17, 15) is 9.59 Å². The number of rotatable bonds is 10. The molecule has 4 rings (SSSR count). The molecule has 9 nitrogen and oxygen atoms in total. The van der Waals surface area contributed by atoms with Crippen molar-refractivity contribution in [2.45, 2.75) is 44.5 Å². The Bertz CT molecular complexity index is 1210. The van der Waals surface area contributed by atoms with E-state index >= 15 is 0 Å². The van der Waals surface area contributed by atoms with E-state index in [-0.39, 0.29) is 23.3 Å². The molecule has 0 saturated carbocycles. The highest BCUT2D eigenvalue weighted by Gasteiger charge is 2.21. The second-order valence-corrected chi connectivity index (χ2v) is 8.62. The lowest BCUT2D eigenvalue weighted by atomic mass is 10.2. The number of benzene rings is 1. The van der Waals surface area contributed by atoms with Crippen molar-refractivity contribution in [1.29, 1.82) is 0 Å². The van der Waals surface area contributed by atoms with Crippen molar-refractivity contribution in [3.63, 3.8) is 0 Å². The third-order valence-electron chi connectivity index (χ3n) is 5.27. The number of anilines is 1. The molecular formula is C24H28N4O5S. The molecule has 1 aromatic carbocycles. The average Bonchev–Trinajstić information content (AvgIpc) is 3.35. The highest BCUT2D eigenvalue weighted by atomic mass is 32.2. The fraction of sp³-hybridized carbons (Fsp3) is 0.417. The van der Waals surface area contributed by atoms with Gasteiger partial charge in [-0.25, -0.2) is 9.97 Å². The Hall–Kier alpha value is -3.11. The van der Waals surface area contributed by atoms with Crippen molar-refractivity contribution in [3.05, 3.63) is 46.9 Å². The molecule has 1 amide bonds. The first-order valence-electron chi connectivity index (χ1n) is 11.4. The predicted molar refractivity (Wildman–Crippen MR) is 131 cm³/mol. The fourth-order valence-electron chi connectivity index (χ4n) is 3.76. The second-order valence-electron chi connectivity index (χ2n) is 7.68. The van der Waals surface area contributed by atoms with Gasteiger partial charge < -0.3 is 19.5 Å². The van der Waals surface area contributed by atoms with Gasteiger partial charge in [-0.05, 0) is 51.0 Å². The molecule has 180 valence electrons. The number of ether oxygens (including phenoxy) is 3. The van der Waals surface area contributed by atoms with E-state index < -0.39 is 0 Å². The van der Waals surface area contributed by atoms with Crippen molar-refractivity contribution in [2.24, 2.45) is 0 Å². The van der Waals surface area contributed by atoms with E-state index in [2.05, 4.69) is 15.3 Å². The van der Waals surface area contributed by atoms with Crippen LogP contribution in [0.15, 0.2) is 46.5 Å². The number of hydrogen-bond acceptors (Lipinski definition) is 8. The third kappa shape index (κ3) is 5.68. The van der Waals surface area contributed by atoms with Gasteiger partial charge >= 0.3 is 0 Å². The van der Waals surface area contributed by atoms with E-state index in [0.717, 1.165) is 12.8 Å². The van der Waals surface area contributed by atoms with E-state index in [1.807, 2.05) is 13.8 Å². The SMILES string of the molecule is CCOc1ccc(OCC)c(NC(=O)CSc2nc3ncccc3c(=O)n2CC2CCCO2)c1. The van der Waals surface area contributed by atoms with Crippen LogP contribution in [0, 0.1) is 0 Å². The van der Waals surface area contributed by atoms with E-state index in [1.54, 1.807) is 41.1 Å². The van der Waals surface area contributed by atoms with Gasteiger partial charge in [-0.2, -0.15) is 0 Å².